The molecule has 2 heterocycles. The first-order valence-corrected chi connectivity index (χ1v) is 11.1. The summed E-state index contributed by atoms with van der Waals surface area (Å²) in [6, 6.07) is 8.11. The molecule has 1 aromatic carbocycles. The number of methoxy groups -OCH3 is 1. The van der Waals surface area contributed by atoms with Gasteiger partial charge in [0.15, 0.2) is 0 Å². The number of aliphatic hydroxyl groups is 1. The van der Waals surface area contributed by atoms with Crippen molar-refractivity contribution in [2.24, 2.45) is 0 Å². The zero-order valence-electron chi connectivity index (χ0n) is 15.4. The molecule has 2 aromatic rings. The van der Waals surface area contributed by atoms with E-state index in [4.69, 9.17) is 9.84 Å². The van der Waals surface area contributed by atoms with Crippen molar-refractivity contribution >= 4 is 33.3 Å². The van der Waals surface area contributed by atoms with E-state index in [9.17, 15) is 13.2 Å². The number of hydrogen-bond acceptors (Lipinski definition) is 6. The van der Waals surface area contributed by atoms with Crippen LogP contribution in [0.4, 0.5) is 0 Å². The summed E-state index contributed by atoms with van der Waals surface area (Å²) >= 11 is 1.45. The molecule has 1 aromatic heterocycles. The number of carbonyl (C=O) groups excluding carboxylic acids is 1. The molecule has 150 valence electrons. The van der Waals surface area contributed by atoms with Gasteiger partial charge in [0.25, 0.3) is 0 Å². The fourth-order valence-corrected chi connectivity index (χ4v) is 5.09. The average molecular weight is 423 g/mol. The van der Waals surface area contributed by atoms with E-state index in [2.05, 4.69) is 0 Å². The fourth-order valence-electron chi connectivity index (χ4n) is 2.87. The van der Waals surface area contributed by atoms with Crippen LogP contribution in [0.25, 0.3) is 6.08 Å². The number of thiophene rings is 1. The second-order valence-corrected chi connectivity index (χ2v) is 9.13. The maximum Gasteiger partial charge on any atom is 0.246 e. The second kappa shape index (κ2) is 8.87. The minimum absolute atomic E-state index is 0.0249. The lowest BCUT2D eigenvalue weighted by Crippen LogP contribution is -2.50. The first-order chi connectivity index (χ1) is 13.4. The number of carbonyl (C=O) groups is 1. The molecule has 7 nitrogen and oxygen atoms in total. The molecule has 1 saturated heterocycles. The summed E-state index contributed by atoms with van der Waals surface area (Å²) in [6.07, 6.45) is 3.20. The molecular weight excluding hydrogens is 400 g/mol. The third kappa shape index (κ3) is 4.61. The van der Waals surface area contributed by atoms with Crippen LogP contribution in [-0.2, 0) is 21.4 Å². The van der Waals surface area contributed by atoms with E-state index in [1.807, 2.05) is 11.4 Å². The Kier molecular flexibility index (Phi) is 6.50. The number of sulfonamides is 1. The maximum absolute atomic E-state index is 12.8. The van der Waals surface area contributed by atoms with E-state index in [0.717, 1.165) is 10.4 Å². The molecule has 0 bridgehead atoms. The summed E-state index contributed by atoms with van der Waals surface area (Å²) in [5.74, 6) is 0.443. The topological polar surface area (TPSA) is 87.2 Å². The SMILES string of the molecule is COc1ccc(S(=O)(=O)N2CCN(C(=O)/C=C/c3cc(CO)cs3)CC2)cc1. The zero-order chi connectivity index (χ0) is 20.1. The third-order valence-corrected chi connectivity index (χ3v) is 7.35. The van der Waals surface area contributed by atoms with Gasteiger partial charge in [-0.1, -0.05) is 0 Å². The van der Waals surface area contributed by atoms with Crippen LogP contribution in [0.15, 0.2) is 46.7 Å². The summed E-state index contributed by atoms with van der Waals surface area (Å²) in [6.45, 7) is 1.15. The molecule has 0 saturated carbocycles. The van der Waals surface area contributed by atoms with Gasteiger partial charge in [-0.25, -0.2) is 8.42 Å². The van der Waals surface area contributed by atoms with Crippen molar-refractivity contribution in [3.63, 3.8) is 0 Å². The number of nitrogens with zero attached hydrogens (tertiary/aromatic N) is 2. The Bertz CT molecular complexity index is 943. The van der Waals surface area contributed by atoms with Crippen molar-refractivity contribution in [3.05, 3.63) is 52.2 Å². The number of piperazine rings is 1. The van der Waals surface area contributed by atoms with Gasteiger partial charge in [-0.3, -0.25) is 4.79 Å². The Hall–Kier alpha value is -2.20. The first-order valence-electron chi connectivity index (χ1n) is 8.73. The third-order valence-electron chi connectivity index (χ3n) is 4.49. The Labute approximate surface area is 168 Å². The van der Waals surface area contributed by atoms with E-state index in [1.165, 1.54) is 41.0 Å². The predicted molar refractivity (Wildman–Crippen MR) is 108 cm³/mol. The highest BCUT2D eigenvalue weighted by Crippen LogP contribution is 2.21. The first kappa shape index (κ1) is 20.5. The van der Waals surface area contributed by atoms with Crippen LogP contribution in [0.5, 0.6) is 5.75 Å². The standard InChI is InChI=1S/C19H22N2O5S2/c1-26-16-2-5-18(6-3-16)28(24,25)21-10-8-20(9-11-21)19(23)7-4-17-12-15(13-22)14-27-17/h2-7,12,14,22H,8-11,13H2,1H3/b7-4+. The highest BCUT2D eigenvalue weighted by Gasteiger charge is 2.29. The van der Waals surface area contributed by atoms with E-state index in [-0.39, 0.29) is 30.5 Å². The van der Waals surface area contributed by atoms with Crippen molar-refractivity contribution in [2.75, 3.05) is 33.3 Å². The lowest BCUT2D eigenvalue weighted by molar-refractivity contribution is -0.127. The van der Waals surface area contributed by atoms with E-state index in [1.54, 1.807) is 23.1 Å². The van der Waals surface area contributed by atoms with Gasteiger partial charge in [0, 0.05) is 37.1 Å². The van der Waals surface area contributed by atoms with Crippen LogP contribution in [0.3, 0.4) is 0 Å². The van der Waals surface area contributed by atoms with Gasteiger partial charge in [0.1, 0.15) is 5.75 Å². The van der Waals surface area contributed by atoms with Crippen molar-refractivity contribution in [2.45, 2.75) is 11.5 Å². The Morgan fingerprint density at radius 2 is 1.89 bits per heavy atom. The molecule has 1 aliphatic heterocycles. The molecule has 0 atom stereocenters. The molecule has 0 unspecified atom stereocenters. The highest BCUT2D eigenvalue weighted by molar-refractivity contribution is 7.89. The smallest absolute Gasteiger partial charge is 0.246 e. The number of benzene rings is 1. The highest BCUT2D eigenvalue weighted by atomic mass is 32.2. The van der Waals surface area contributed by atoms with Crippen LogP contribution in [0.1, 0.15) is 10.4 Å². The van der Waals surface area contributed by atoms with Crippen molar-refractivity contribution < 1.29 is 23.1 Å². The fraction of sp³-hybridized carbons (Fsp3) is 0.316. The van der Waals surface area contributed by atoms with Crippen LogP contribution in [-0.4, -0.2) is 61.9 Å². The van der Waals surface area contributed by atoms with Gasteiger partial charge in [0.2, 0.25) is 15.9 Å². The number of ether oxygens (including phenoxy) is 1. The minimum atomic E-state index is -3.59. The lowest BCUT2D eigenvalue weighted by Gasteiger charge is -2.33. The van der Waals surface area contributed by atoms with Crippen LogP contribution in [0.2, 0.25) is 0 Å². The maximum atomic E-state index is 12.8. The number of rotatable bonds is 6. The number of amides is 1. The predicted octanol–water partition coefficient (Wildman–Crippen LogP) is 1.80. The molecule has 9 heteroatoms. The van der Waals surface area contributed by atoms with Gasteiger partial charge >= 0.3 is 0 Å². The monoisotopic (exact) mass is 422 g/mol. The van der Waals surface area contributed by atoms with E-state index < -0.39 is 10.0 Å². The largest absolute Gasteiger partial charge is 0.497 e. The lowest BCUT2D eigenvalue weighted by atomic mass is 10.3. The molecule has 28 heavy (non-hydrogen) atoms. The zero-order valence-corrected chi connectivity index (χ0v) is 17.1. The quantitative estimate of drug-likeness (QED) is 0.718. The molecule has 0 spiro atoms. The van der Waals surface area contributed by atoms with Crippen LogP contribution < -0.4 is 4.74 Å². The molecular formula is C19H22N2O5S2. The van der Waals surface area contributed by atoms with Gasteiger partial charge in [-0.05, 0) is 47.4 Å². The average Bonchev–Trinajstić information content (AvgIpc) is 3.20. The summed E-state index contributed by atoms with van der Waals surface area (Å²) in [7, 11) is -2.07. The van der Waals surface area contributed by atoms with Crippen molar-refractivity contribution in [1.29, 1.82) is 0 Å². The van der Waals surface area contributed by atoms with E-state index in [0.29, 0.717) is 18.8 Å². The molecule has 1 N–H and O–H groups in total. The van der Waals surface area contributed by atoms with E-state index >= 15 is 0 Å². The van der Waals surface area contributed by atoms with Crippen LogP contribution in [0, 0.1) is 0 Å². The van der Waals surface area contributed by atoms with Crippen molar-refractivity contribution in [1.82, 2.24) is 9.21 Å². The Morgan fingerprint density at radius 1 is 1.21 bits per heavy atom. The van der Waals surface area contributed by atoms with Crippen LogP contribution >= 0.6 is 11.3 Å². The number of aliphatic hydroxyl groups excluding tert-OH is 1. The Morgan fingerprint density at radius 3 is 2.46 bits per heavy atom. The van der Waals surface area contributed by atoms with Crippen molar-refractivity contribution in [3.8, 4) is 5.75 Å². The molecule has 1 aliphatic rings. The Balaban J connectivity index is 1.59. The van der Waals surface area contributed by atoms with Gasteiger partial charge in [-0.15, -0.1) is 11.3 Å². The molecule has 1 fully saturated rings. The normalized spacial score (nSPS) is 15.9. The summed E-state index contributed by atoms with van der Waals surface area (Å²) < 4.78 is 32.0. The minimum Gasteiger partial charge on any atom is -0.497 e. The van der Waals surface area contributed by atoms with Gasteiger partial charge in [0.05, 0.1) is 18.6 Å². The summed E-state index contributed by atoms with van der Waals surface area (Å²) in [5, 5.41) is 10.9. The molecule has 1 amide bonds. The summed E-state index contributed by atoms with van der Waals surface area (Å²) in [4.78, 5) is 15.1. The molecule has 0 radical (unpaired) electrons. The summed E-state index contributed by atoms with van der Waals surface area (Å²) in [5.41, 5.74) is 0.814. The molecule has 0 aliphatic carbocycles. The molecule has 3 rings (SSSR count). The van der Waals surface area contributed by atoms with Gasteiger partial charge in [-0.2, -0.15) is 4.31 Å². The van der Waals surface area contributed by atoms with Gasteiger partial charge < -0.3 is 14.7 Å². The second-order valence-electron chi connectivity index (χ2n) is 6.25. The number of hydrogen-bond donors (Lipinski definition) is 1.